The molecule has 0 aliphatic heterocycles. The summed E-state index contributed by atoms with van der Waals surface area (Å²) in [6.45, 7) is 7.70. The van der Waals surface area contributed by atoms with Crippen LogP contribution in [0.3, 0.4) is 0 Å². The van der Waals surface area contributed by atoms with Gasteiger partial charge in [0.2, 0.25) is 0 Å². The molecule has 0 aliphatic carbocycles. The summed E-state index contributed by atoms with van der Waals surface area (Å²) >= 11 is 0. The average molecular weight is 301 g/mol. The van der Waals surface area contributed by atoms with Gasteiger partial charge in [-0.1, -0.05) is 51.1 Å². The van der Waals surface area contributed by atoms with Crippen LogP contribution in [0.25, 0.3) is 10.8 Å². The van der Waals surface area contributed by atoms with Crippen LogP contribution in [0.15, 0.2) is 42.5 Å². The fraction of sp³-hybridized carbons (Fsp3) is 0.444. The summed E-state index contributed by atoms with van der Waals surface area (Å²) in [5.74, 6) is 6.91. The van der Waals surface area contributed by atoms with E-state index in [1.165, 1.54) is 10.8 Å². The molecule has 22 heavy (non-hydrogen) atoms. The Hall–Kier alpha value is -1.62. The number of nitrogens with one attached hydrogen (secondary N) is 1. The summed E-state index contributed by atoms with van der Waals surface area (Å²) in [5.41, 5.74) is 0.148. The highest BCUT2D eigenvalue weighted by atomic mass is 16.5. The minimum absolute atomic E-state index is 0.148. The first kappa shape index (κ1) is 16.7. The van der Waals surface area contributed by atoms with E-state index in [2.05, 4.69) is 44.3 Å². The number of nitrogens with zero attached hydrogens (tertiary/aromatic N) is 1. The monoisotopic (exact) mass is 301 g/mol. The zero-order chi connectivity index (χ0) is 16.2. The maximum Gasteiger partial charge on any atom is 0.154 e. The molecule has 2 aromatic carbocycles. The predicted octanol–water partition coefficient (Wildman–Crippen LogP) is 2.99. The number of nitrogens with two attached hydrogens (primary N) is 1. The van der Waals surface area contributed by atoms with Gasteiger partial charge in [0, 0.05) is 12.6 Å². The van der Waals surface area contributed by atoms with Crippen molar-refractivity contribution in [1.82, 2.24) is 10.3 Å². The van der Waals surface area contributed by atoms with E-state index in [1.807, 2.05) is 31.3 Å². The number of hydrogen-bond acceptors (Lipinski definition) is 4. The van der Waals surface area contributed by atoms with E-state index >= 15 is 0 Å². The molecule has 4 nitrogen and oxygen atoms in total. The summed E-state index contributed by atoms with van der Waals surface area (Å²) in [7, 11) is 1.97. The van der Waals surface area contributed by atoms with Crippen LogP contribution in [-0.4, -0.2) is 31.4 Å². The molecule has 1 atom stereocenters. The van der Waals surface area contributed by atoms with Gasteiger partial charge < -0.3 is 10.1 Å². The lowest BCUT2D eigenvalue weighted by molar-refractivity contribution is 0.0954. The Morgan fingerprint density at radius 2 is 1.82 bits per heavy atom. The number of hydrogen-bond donors (Lipinski definition) is 2. The van der Waals surface area contributed by atoms with Crippen molar-refractivity contribution in [2.24, 2.45) is 11.3 Å². The molecular weight excluding hydrogens is 274 g/mol. The van der Waals surface area contributed by atoms with Gasteiger partial charge in [-0.25, -0.2) is 5.01 Å². The fourth-order valence-electron chi connectivity index (χ4n) is 2.50. The first-order valence-electron chi connectivity index (χ1n) is 7.68. The molecule has 0 saturated heterocycles. The van der Waals surface area contributed by atoms with Crippen molar-refractivity contribution in [2.45, 2.75) is 26.8 Å². The van der Waals surface area contributed by atoms with Gasteiger partial charge in [-0.3, -0.25) is 5.84 Å². The second kappa shape index (κ2) is 7.09. The molecule has 0 amide bonds. The number of benzene rings is 2. The highest BCUT2D eigenvalue weighted by Gasteiger charge is 2.24. The summed E-state index contributed by atoms with van der Waals surface area (Å²) in [6.07, 6.45) is 0. The van der Waals surface area contributed by atoms with Crippen molar-refractivity contribution in [3.63, 3.8) is 0 Å². The lowest BCUT2D eigenvalue weighted by atomic mass is 9.87. The predicted molar refractivity (Wildman–Crippen MR) is 92.6 cm³/mol. The number of ether oxygens (including phenoxy) is 1. The van der Waals surface area contributed by atoms with Gasteiger partial charge in [-0.05, 0) is 35.4 Å². The first-order chi connectivity index (χ1) is 10.4. The topological polar surface area (TPSA) is 50.5 Å². The van der Waals surface area contributed by atoms with Gasteiger partial charge in [-0.15, -0.1) is 0 Å². The normalized spacial score (nSPS) is 13.5. The highest BCUT2D eigenvalue weighted by Crippen LogP contribution is 2.21. The van der Waals surface area contributed by atoms with Gasteiger partial charge >= 0.3 is 0 Å². The smallest absolute Gasteiger partial charge is 0.154 e. The summed E-state index contributed by atoms with van der Waals surface area (Å²) in [5, 5.41) is 7.41. The third-order valence-electron chi connectivity index (χ3n) is 3.93. The van der Waals surface area contributed by atoms with E-state index in [9.17, 15) is 0 Å². The Kier molecular flexibility index (Phi) is 5.40. The molecule has 0 saturated carbocycles. The third-order valence-corrected chi connectivity index (χ3v) is 3.93. The van der Waals surface area contributed by atoms with Crippen molar-refractivity contribution in [2.75, 3.05) is 20.3 Å². The first-order valence-corrected chi connectivity index (χ1v) is 7.68. The lowest BCUT2D eigenvalue weighted by Gasteiger charge is -2.33. The van der Waals surface area contributed by atoms with Crippen LogP contribution in [0, 0.1) is 5.41 Å². The van der Waals surface area contributed by atoms with Crippen molar-refractivity contribution >= 4 is 10.8 Å². The second-order valence-electron chi connectivity index (χ2n) is 6.76. The Balaban J connectivity index is 1.93. The Morgan fingerprint density at radius 3 is 2.45 bits per heavy atom. The number of hydrazine groups is 1. The Bertz CT molecular complexity index is 607. The minimum Gasteiger partial charge on any atom is -0.477 e. The Morgan fingerprint density at radius 1 is 1.14 bits per heavy atom. The molecule has 2 rings (SSSR count). The standard InChI is InChI=1S/C18H27N3O/c1-18(2,3)17(20-4)12-21(19)13-22-16-10-9-14-7-5-6-8-15(14)11-16/h5-11,17,20H,12-13,19H2,1-4H3. The average Bonchev–Trinajstić information content (AvgIpc) is 2.49. The highest BCUT2D eigenvalue weighted by molar-refractivity contribution is 5.83. The van der Waals surface area contributed by atoms with Crippen LogP contribution in [-0.2, 0) is 0 Å². The molecule has 0 aromatic heterocycles. The van der Waals surface area contributed by atoms with Gasteiger partial charge in [0.05, 0.1) is 0 Å². The zero-order valence-electron chi connectivity index (χ0n) is 14.0. The van der Waals surface area contributed by atoms with Crippen LogP contribution in [0.4, 0.5) is 0 Å². The maximum atomic E-state index is 6.08. The number of rotatable bonds is 6. The molecular formula is C18H27N3O. The molecule has 0 fully saturated rings. The SMILES string of the molecule is CNC(CN(N)COc1ccc2ccccc2c1)C(C)(C)C. The number of likely N-dealkylation sites (N-methyl/N-ethyl adjacent to an activating group) is 1. The molecule has 4 heteroatoms. The molecule has 2 aromatic rings. The summed E-state index contributed by atoms with van der Waals surface area (Å²) < 4.78 is 5.81. The van der Waals surface area contributed by atoms with Gasteiger partial charge in [-0.2, -0.15) is 0 Å². The van der Waals surface area contributed by atoms with Crippen LogP contribution in [0.2, 0.25) is 0 Å². The molecule has 0 bridgehead atoms. The van der Waals surface area contributed by atoms with E-state index in [0.29, 0.717) is 12.8 Å². The van der Waals surface area contributed by atoms with Crippen LogP contribution < -0.4 is 15.9 Å². The molecule has 0 aliphatic rings. The fourth-order valence-corrected chi connectivity index (χ4v) is 2.50. The van der Waals surface area contributed by atoms with Gasteiger partial charge in [0.25, 0.3) is 0 Å². The molecule has 3 N–H and O–H groups in total. The quantitative estimate of drug-likeness (QED) is 0.489. The second-order valence-corrected chi connectivity index (χ2v) is 6.76. The largest absolute Gasteiger partial charge is 0.477 e. The molecule has 0 radical (unpaired) electrons. The van der Waals surface area contributed by atoms with E-state index in [0.717, 1.165) is 12.3 Å². The molecule has 1 unspecified atom stereocenters. The Labute approximate surface area is 133 Å². The summed E-state index contributed by atoms with van der Waals surface area (Å²) in [6, 6.07) is 14.6. The molecule has 120 valence electrons. The van der Waals surface area contributed by atoms with E-state index in [1.54, 1.807) is 5.01 Å². The van der Waals surface area contributed by atoms with Crippen molar-refractivity contribution < 1.29 is 4.74 Å². The lowest BCUT2D eigenvalue weighted by Crippen LogP contribution is -2.50. The third kappa shape index (κ3) is 4.44. The number of fused-ring (bicyclic) bond motifs is 1. The maximum absolute atomic E-state index is 6.08. The van der Waals surface area contributed by atoms with Crippen LogP contribution >= 0.6 is 0 Å². The van der Waals surface area contributed by atoms with E-state index in [-0.39, 0.29) is 5.41 Å². The molecule has 0 heterocycles. The van der Waals surface area contributed by atoms with Crippen LogP contribution in [0.1, 0.15) is 20.8 Å². The van der Waals surface area contributed by atoms with Gasteiger partial charge in [0.15, 0.2) is 6.73 Å². The van der Waals surface area contributed by atoms with E-state index < -0.39 is 0 Å². The van der Waals surface area contributed by atoms with Crippen molar-refractivity contribution in [3.8, 4) is 5.75 Å². The van der Waals surface area contributed by atoms with Crippen molar-refractivity contribution in [3.05, 3.63) is 42.5 Å². The minimum atomic E-state index is 0.148. The zero-order valence-corrected chi connectivity index (χ0v) is 14.0. The van der Waals surface area contributed by atoms with Crippen molar-refractivity contribution in [1.29, 1.82) is 0 Å². The van der Waals surface area contributed by atoms with Gasteiger partial charge in [0.1, 0.15) is 5.75 Å². The van der Waals surface area contributed by atoms with Crippen LogP contribution in [0.5, 0.6) is 5.75 Å². The summed E-state index contributed by atoms with van der Waals surface area (Å²) in [4.78, 5) is 0. The molecule has 0 spiro atoms. The van der Waals surface area contributed by atoms with E-state index in [4.69, 9.17) is 10.6 Å².